The van der Waals surface area contributed by atoms with E-state index in [0.29, 0.717) is 0 Å². The van der Waals surface area contributed by atoms with Crippen LogP contribution in [0.2, 0.25) is 0 Å². The summed E-state index contributed by atoms with van der Waals surface area (Å²) in [6.45, 7) is 1.59. The number of amides is 1. The van der Waals surface area contributed by atoms with Crippen LogP contribution in [0.4, 0.5) is 5.69 Å². The van der Waals surface area contributed by atoms with E-state index >= 15 is 0 Å². The highest BCUT2D eigenvalue weighted by Gasteiger charge is 2.09. The molecule has 1 atom stereocenters. The number of hydrogen-bond acceptors (Lipinski definition) is 1. The molecule has 58 valence electrons. The number of carbonyl (C=O) groups excluding carboxylic acids is 1. The minimum absolute atomic E-state index is 0.135. The Kier molecular flexibility index (Phi) is 2.39. The van der Waals surface area contributed by atoms with Crippen molar-refractivity contribution < 1.29 is 9.69 Å². The first kappa shape index (κ1) is 7.95. The number of hydrogen-bond donors (Lipinski definition) is 1. The van der Waals surface area contributed by atoms with Crippen molar-refractivity contribution in [2.45, 2.75) is 6.92 Å². The van der Waals surface area contributed by atoms with Gasteiger partial charge in [-0.3, -0.25) is 0 Å². The maximum Gasteiger partial charge on any atom is 0.313 e. The molecule has 0 radical (unpaired) electrons. The fourth-order valence-electron chi connectivity index (χ4n) is 0.891. The largest absolute Gasteiger partial charge is 0.313 e. The topological polar surface area (TPSA) is 21.5 Å². The van der Waals surface area contributed by atoms with Crippen molar-refractivity contribution in [2.24, 2.45) is 0 Å². The second kappa shape index (κ2) is 3.30. The van der Waals surface area contributed by atoms with Crippen molar-refractivity contribution in [3.8, 4) is 0 Å². The lowest BCUT2D eigenvalue weighted by molar-refractivity contribution is -0.723. The summed E-state index contributed by atoms with van der Waals surface area (Å²) in [6, 6.07) is 9.69. The normalized spacial score (nSPS) is 12.5. The Morgan fingerprint density at radius 2 is 1.82 bits per heavy atom. The smallest absolute Gasteiger partial charge is 0.242 e. The lowest BCUT2D eigenvalue weighted by Crippen LogP contribution is -3.06. The molecule has 0 fully saturated rings. The van der Waals surface area contributed by atoms with E-state index in [1.165, 1.54) is 0 Å². The van der Waals surface area contributed by atoms with Gasteiger partial charge in [0, 0.05) is 0 Å². The van der Waals surface area contributed by atoms with Gasteiger partial charge in [-0.1, -0.05) is 18.2 Å². The zero-order chi connectivity index (χ0) is 8.27. The average molecular weight is 150 g/mol. The number of quaternary nitrogens is 1. The van der Waals surface area contributed by atoms with Gasteiger partial charge in [-0.05, 0) is 12.1 Å². The zero-order valence-electron chi connectivity index (χ0n) is 6.79. The summed E-state index contributed by atoms with van der Waals surface area (Å²) < 4.78 is 0. The number of rotatable bonds is 1. The predicted molar refractivity (Wildman–Crippen MR) is 43.7 cm³/mol. The van der Waals surface area contributed by atoms with Gasteiger partial charge < -0.3 is 0 Å². The van der Waals surface area contributed by atoms with Gasteiger partial charge in [-0.2, -0.15) is 0 Å². The summed E-state index contributed by atoms with van der Waals surface area (Å²) in [5.41, 5.74) is 1.01. The molecule has 0 aliphatic carbocycles. The Labute approximate surface area is 66.4 Å². The van der Waals surface area contributed by atoms with E-state index in [2.05, 4.69) is 0 Å². The molecule has 2 nitrogen and oxygen atoms in total. The van der Waals surface area contributed by atoms with Gasteiger partial charge in [-0.25, -0.2) is 9.69 Å². The van der Waals surface area contributed by atoms with E-state index in [9.17, 15) is 4.79 Å². The molecule has 1 aromatic carbocycles. The van der Waals surface area contributed by atoms with Crippen LogP contribution in [0.15, 0.2) is 30.3 Å². The summed E-state index contributed by atoms with van der Waals surface area (Å²) in [5, 5.41) is 0. The van der Waals surface area contributed by atoms with Crippen molar-refractivity contribution in [3.05, 3.63) is 30.3 Å². The van der Waals surface area contributed by atoms with E-state index in [1.807, 2.05) is 37.4 Å². The van der Waals surface area contributed by atoms with Crippen LogP contribution in [-0.2, 0) is 4.79 Å². The zero-order valence-corrected chi connectivity index (χ0v) is 6.79. The third kappa shape index (κ3) is 1.88. The highest BCUT2D eigenvalue weighted by Crippen LogP contribution is 1.96. The summed E-state index contributed by atoms with van der Waals surface area (Å²) >= 11 is 0. The lowest BCUT2D eigenvalue weighted by atomic mass is 10.3. The Hall–Kier alpha value is -1.15. The minimum atomic E-state index is 0.135. The van der Waals surface area contributed by atoms with Crippen LogP contribution >= 0.6 is 0 Å². The molecule has 11 heavy (non-hydrogen) atoms. The van der Waals surface area contributed by atoms with Crippen molar-refractivity contribution >= 4 is 11.6 Å². The van der Waals surface area contributed by atoms with Crippen molar-refractivity contribution in [2.75, 3.05) is 7.05 Å². The minimum Gasteiger partial charge on any atom is -0.242 e. The van der Waals surface area contributed by atoms with Crippen molar-refractivity contribution in [1.82, 2.24) is 0 Å². The van der Waals surface area contributed by atoms with Crippen LogP contribution < -0.4 is 4.90 Å². The molecule has 0 saturated carbocycles. The second-order valence-electron chi connectivity index (χ2n) is 2.55. The summed E-state index contributed by atoms with van der Waals surface area (Å²) in [6.07, 6.45) is 0. The standard InChI is InChI=1S/C9H11NO/c1-8(11)10(2)9-6-4-3-5-7-9/h3-7H,1-2H3/p+1. The Morgan fingerprint density at radius 1 is 1.27 bits per heavy atom. The van der Waals surface area contributed by atoms with E-state index in [1.54, 1.807) is 6.92 Å². The second-order valence-corrected chi connectivity index (χ2v) is 2.55. The van der Waals surface area contributed by atoms with Crippen LogP contribution in [0, 0.1) is 0 Å². The molecule has 0 aromatic heterocycles. The van der Waals surface area contributed by atoms with E-state index in [-0.39, 0.29) is 5.91 Å². The quantitative estimate of drug-likeness (QED) is 0.614. The highest BCUT2D eigenvalue weighted by atomic mass is 16.2. The van der Waals surface area contributed by atoms with E-state index in [0.717, 1.165) is 10.6 Å². The van der Waals surface area contributed by atoms with Gasteiger partial charge in [0.2, 0.25) is 0 Å². The van der Waals surface area contributed by atoms with Crippen LogP contribution in [0.3, 0.4) is 0 Å². The Balaban J connectivity index is 2.85. The molecule has 1 rings (SSSR count). The van der Waals surface area contributed by atoms with Crippen molar-refractivity contribution in [3.63, 3.8) is 0 Å². The molecule has 0 bridgehead atoms. The number of benzene rings is 1. The maximum atomic E-state index is 10.9. The molecule has 1 aromatic rings. The van der Waals surface area contributed by atoms with Gasteiger partial charge >= 0.3 is 5.91 Å². The molecule has 1 unspecified atom stereocenters. The summed E-state index contributed by atoms with van der Waals surface area (Å²) in [7, 11) is 1.84. The molecular weight excluding hydrogens is 138 g/mol. The Bertz CT molecular complexity index is 243. The molecule has 0 saturated heterocycles. The van der Waals surface area contributed by atoms with Crippen LogP contribution in [0.5, 0.6) is 0 Å². The fraction of sp³-hybridized carbons (Fsp3) is 0.222. The molecule has 0 heterocycles. The summed E-state index contributed by atoms with van der Waals surface area (Å²) in [4.78, 5) is 11.7. The van der Waals surface area contributed by atoms with Gasteiger partial charge in [0.15, 0.2) is 0 Å². The molecule has 2 heteroatoms. The monoisotopic (exact) mass is 150 g/mol. The van der Waals surface area contributed by atoms with Gasteiger partial charge in [0.05, 0.1) is 14.0 Å². The average Bonchev–Trinajstić information content (AvgIpc) is 2.05. The molecule has 0 aliphatic rings. The molecule has 1 amide bonds. The maximum absolute atomic E-state index is 10.9. The molecule has 0 aliphatic heterocycles. The van der Waals surface area contributed by atoms with Crippen LogP contribution in [-0.4, -0.2) is 13.0 Å². The van der Waals surface area contributed by atoms with E-state index in [4.69, 9.17) is 0 Å². The first-order valence-corrected chi connectivity index (χ1v) is 3.61. The number of nitrogens with one attached hydrogen (secondary N) is 1. The SMILES string of the molecule is CC(=O)[NH+](C)c1ccccc1. The molecule has 1 N–H and O–H groups in total. The fourth-order valence-corrected chi connectivity index (χ4v) is 0.891. The summed E-state index contributed by atoms with van der Waals surface area (Å²) in [5.74, 6) is 0.135. The van der Waals surface area contributed by atoms with E-state index < -0.39 is 0 Å². The third-order valence-corrected chi connectivity index (χ3v) is 1.73. The van der Waals surface area contributed by atoms with Crippen LogP contribution in [0.25, 0.3) is 0 Å². The molecular formula is C9H12NO+. The van der Waals surface area contributed by atoms with Gasteiger partial charge in [0.1, 0.15) is 5.69 Å². The predicted octanol–water partition coefficient (Wildman–Crippen LogP) is 0.379. The van der Waals surface area contributed by atoms with Crippen molar-refractivity contribution in [1.29, 1.82) is 0 Å². The first-order valence-electron chi connectivity index (χ1n) is 3.61. The van der Waals surface area contributed by atoms with Gasteiger partial charge in [-0.15, -0.1) is 0 Å². The highest BCUT2D eigenvalue weighted by molar-refractivity contribution is 5.65. The Morgan fingerprint density at radius 3 is 2.27 bits per heavy atom. The lowest BCUT2D eigenvalue weighted by Gasteiger charge is -2.06. The number of para-hydroxylation sites is 1. The first-order chi connectivity index (χ1) is 5.22. The van der Waals surface area contributed by atoms with Gasteiger partial charge in [0.25, 0.3) is 0 Å². The van der Waals surface area contributed by atoms with Crippen LogP contribution in [0.1, 0.15) is 6.92 Å². The molecule has 0 spiro atoms. The number of carbonyl (C=O) groups is 1. The third-order valence-electron chi connectivity index (χ3n) is 1.73.